The van der Waals surface area contributed by atoms with Crippen LogP contribution in [0.2, 0.25) is 0 Å². The summed E-state index contributed by atoms with van der Waals surface area (Å²) in [5.41, 5.74) is -0.613. The fraction of sp³-hybridized carbons (Fsp3) is 0.833. The van der Waals surface area contributed by atoms with Gasteiger partial charge in [0, 0.05) is 13.7 Å². The van der Waals surface area contributed by atoms with Crippen LogP contribution >= 0.6 is 0 Å². The van der Waals surface area contributed by atoms with Gasteiger partial charge in [0.1, 0.15) is 12.4 Å². The second-order valence-corrected chi connectivity index (χ2v) is 4.77. The van der Waals surface area contributed by atoms with Crippen LogP contribution in [-0.2, 0) is 19.0 Å². The zero-order chi connectivity index (χ0) is 14.2. The lowest BCUT2D eigenvalue weighted by Gasteiger charge is -2.30. The van der Waals surface area contributed by atoms with Crippen LogP contribution in [0.15, 0.2) is 0 Å². The maximum absolute atomic E-state index is 11.9. The van der Waals surface area contributed by atoms with Gasteiger partial charge in [-0.1, -0.05) is 6.92 Å². The van der Waals surface area contributed by atoms with Crippen LogP contribution in [0.1, 0.15) is 34.1 Å². The lowest BCUT2D eigenvalue weighted by Crippen LogP contribution is -2.46. The second kappa shape index (κ2) is 8.05. The van der Waals surface area contributed by atoms with Crippen molar-refractivity contribution in [3.8, 4) is 0 Å². The van der Waals surface area contributed by atoms with E-state index in [1.54, 1.807) is 20.8 Å². The second-order valence-electron chi connectivity index (χ2n) is 4.77. The van der Waals surface area contributed by atoms with Gasteiger partial charge in [0.25, 0.3) is 0 Å². The average molecular weight is 261 g/mol. The third-order valence-corrected chi connectivity index (χ3v) is 1.87. The SMILES string of the molecule is CCCN(C(=O)OC(C)(C)C)C(C=O)OCOC. The van der Waals surface area contributed by atoms with Crippen LogP contribution in [0.5, 0.6) is 0 Å². The first-order valence-corrected chi connectivity index (χ1v) is 5.91. The largest absolute Gasteiger partial charge is 0.444 e. The lowest BCUT2D eigenvalue weighted by atomic mass is 10.2. The molecule has 1 unspecified atom stereocenters. The highest BCUT2D eigenvalue weighted by molar-refractivity contribution is 5.72. The molecule has 6 nitrogen and oxygen atoms in total. The average Bonchev–Trinajstić information content (AvgIpc) is 2.26. The molecule has 0 saturated heterocycles. The van der Waals surface area contributed by atoms with Crippen molar-refractivity contribution in [1.29, 1.82) is 0 Å². The third-order valence-electron chi connectivity index (χ3n) is 1.87. The lowest BCUT2D eigenvalue weighted by molar-refractivity contribution is -0.148. The maximum Gasteiger partial charge on any atom is 0.412 e. The van der Waals surface area contributed by atoms with Gasteiger partial charge in [0.05, 0.1) is 0 Å². The fourth-order valence-corrected chi connectivity index (χ4v) is 1.22. The summed E-state index contributed by atoms with van der Waals surface area (Å²) in [6, 6.07) is 0. The Bertz CT molecular complexity index is 262. The number of ether oxygens (including phenoxy) is 3. The van der Waals surface area contributed by atoms with E-state index >= 15 is 0 Å². The molecular formula is C12H23NO5. The number of hydrogen-bond donors (Lipinski definition) is 0. The van der Waals surface area contributed by atoms with E-state index in [2.05, 4.69) is 0 Å². The van der Waals surface area contributed by atoms with Gasteiger partial charge in [0.15, 0.2) is 12.5 Å². The third kappa shape index (κ3) is 6.56. The summed E-state index contributed by atoms with van der Waals surface area (Å²) in [6.07, 6.45) is -0.310. The van der Waals surface area contributed by atoms with Gasteiger partial charge in [-0.2, -0.15) is 0 Å². The maximum atomic E-state index is 11.9. The highest BCUT2D eigenvalue weighted by Crippen LogP contribution is 2.12. The van der Waals surface area contributed by atoms with Gasteiger partial charge in [-0.05, 0) is 27.2 Å². The Morgan fingerprint density at radius 3 is 2.39 bits per heavy atom. The van der Waals surface area contributed by atoms with Crippen LogP contribution in [-0.4, -0.2) is 49.6 Å². The van der Waals surface area contributed by atoms with Crippen LogP contribution in [0.4, 0.5) is 4.79 Å². The molecule has 0 N–H and O–H groups in total. The van der Waals surface area contributed by atoms with Crippen LogP contribution < -0.4 is 0 Å². The highest BCUT2D eigenvalue weighted by atomic mass is 16.7. The Hall–Kier alpha value is -1.14. The van der Waals surface area contributed by atoms with Gasteiger partial charge >= 0.3 is 6.09 Å². The van der Waals surface area contributed by atoms with Crippen molar-refractivity contribution in [1.82, 2.24) is 4.90 Å². The number of rotatable bonds is 7. The Morgan fingerprint density at radius 2 is 2.00 bits per heavy atom. The normalized spacial score (nSPS) is 12.9. The number of aldehydes is 1. The van der Waals surface area contributed by atoms with Crippen molar-refractivity contribution in [3.05, 3.63) is 0 Å². The first kappa shape index (κ1) is 16.9. The number of amides is 1. The van der Waals surface area contributed by atoms with E-state index in [9.17, 15) is 9.59 Å². The summed E-state index contributed by atoms with van der Waals surface area (Å²) in [5.74, 6) is 0. The first-order chi connectivity index (χ1) is 8.35. The molecule has 0 aromatic rings. The molecule has 0 aliphatic rings. The summed E-state index contributed by atoms with van der Waals surface area (Å²) >= 11 is 0. The van der Waals surface area contributed by atoms with Crippen molar-refractivity contribution in [3.63, 3.8) is 0 Å². The number of methoxy groups -OCH3 is 1. The summed E-state index contributed by atoms with van der Waals surface area (Å²) < 4.78 is 15.1. The molecule has 0 saturated carbocycles. The molecular weight excluding hydrogens is 238 g/mol. The van der Waals surface area contributed by atoms with Gasteiger partial charge in [-0.25, -0.2) is 4.79 Å². The van der Waals surface area contributed by atoms with Gasteiger partial charge in [-0.3, -0.25) is 9.69 Å². The van der Waals surface area contributed by atoms with E-state index in [0.29, 0.717) is 19.3 Å². The minimum atomic E-state index is -0.986. The highest BCUT2D eigenvalue weighted by Gasteiger charge is 2.28. The molecule has 0 heterocycles. The number of carbonyl (C=O) groups excluding carboxylic acids is 2. The number of nitrogens with zero attached hydrogens (tertiary/aromatic N) is 1. The summed E-state index contributed by atoms with van der Waals surface area (Å²) in [5, 5.41) is 0. The van der Waals surface area contributed by atoms with E-state index in [1.165, 1.54) is 12.0 Å². The zero-order valence-corrected chi connectivity index (χ0v) is 11.8. The number of carbonyl (C=O) groups is 2. The molecule has 106 valence electrons. The topological polar surface area (TPSA) is 65.1 Å². The first-order valence-electron chi connectivity index (χ1n) is 5.91. The quantitative estimate of drug-likeness (QED) is 0.516. The predicted molar refractivity (Wildman–Crippen MR) is 66.0 cm³/mol. The molecule has 18 heavy (non-hydrogen) atoms. The van der Waals surface area contributed by atoms with Crippen LogP contribution in [0.25, 0.3) is 0 Å². The van der Waals surface area contributed by atoms with Gasteiger partial charge < -0.3 is 14.2 Å². The predicted octanol–water partition coefficient (Wildman–Crippen LogP) is 1.78. The molecule has 1 amide bonds. The summed E-state index contributed by atoms with van der Waals surface area (Å²) in [4.78, 5) is 24.2. The van der Waals surface area contributed by atoms with E-state index in [0.717, 1.165) is 0 Å². The molecule has 0 spiro atoms. The van der Waals surface area contributed by atoms with E-state index < -0.39 is 17.9 Å². The van der Waals surface area contributed by atoms with E-state index in [-0.39, 0.29) is 6.79 Å². The molecule has 0 fully saturated rings. The van der Waals surface area contributed by atoms with Crippen molar-refractivity contribution < 1.29 is 23.8 Å². The molecule has 0 aliphatic carbocycles. The Balaban J connectivity index is 4.69. The molecule has 0 rings (SSSR count). The monoisotopic (exact) mass is 261 g/mol. The molecule has 0 aliphatic heterocycles. The summed E-state index contributed by atoms with van der Waals surface area (Å²) in [7, 11) is 1.44. The molecule has 0 radical (unpaired) electrons. The van der Waals surface area contributed by atoms with Crippen molar-refractivity contribution in [2.24, 2.45) is 0 Å². The fourth-order valence-electron chi connectivity index (χ4n) is 1.22. The van der Waals surface area contributed by atoms with E-state index in [1.807, 2.05) is 6.92 Å². The van der Waals surface area contributed by atoms with Crippen molar-refractivity contribution >= 4 is 12.4 Å². The Kier molecular flexibility index (Phi) is 7.54. The van der Waals surface area contributed by atoms with Crippen LogP contribution in [0, 0.1) is 0 Å². The van der Waals surface area contributed by atoms with Gasteiger partial charge in [-0.15, -0.1) is 0 Å². The Morgan fingerprint density at radius 1 is 1.39 bits per heavy atom. The minimum absolute atomic E-state index is 0.0631. The number of hydrogen-bond acceptors (Lipinski definition) is 5. The molecule has 0 aromatic heterocycles. The van der Waals surface area contributed by atoms with Crippen LogP contribution in [0.3, 0.4) is 0 Å². The van der Waals surface area contributed by atoms with E-state index in [4.69, 9.17) is 14.2 Å². The van der Waals surface area contributed by atoms with Crippen molar-refractivity contribution in [2.75, 3.05) is 20.4 Å². The molecule has 6 heteroatoms. The standard InChI is InChI=1S/C12H23NO5/c1-6-7-13(10(8-14)17-9-16-5)11(15)18-12(2,3)4/h8,10H,6-7,9H2,1-5H3. The minimum Gasteiger partial charge on any atom is -0.444 e. The van der Waals surface area contributed by atoms with Crippen molar-refractivity contribution in [2.45, 2.75) is 45.9 Å². The molecule has 0 aromatic carbocycles. The molecule has 1 atom stereocenters. The Labute approximate surface area is 108 Å². The van der Waals surface area contributed by atoms with Gasteiger partial charge in [0.2, 0.25) is 0 Å². The smallest absolute Gasteiger partial charge is 0.412 e. The summed E-state index contributed by atoms with van der Waals surface area (Å²) in [6.45, 7) is 7.51. The molecule has 0 bridgehead atoms. The zero-order valence-electron chi connectivity index (χ0n) is 11.8.